The summed E-state index contributed by atoms with van der Waals surface area (Å²) in [6.45, 7) is 1.96. The molecule has 2 rings (SSSR count). The van der Waals surface area contributed by atoms with Gasteiger partial charge in [0.2, 0.25) is 0 Å². The molecule has 0 spiro atoms. The van der Waals surface area contributed by atoms with E-state index in [0.717, 1.165) is 12.1 Å². The van der Waals surface area contributed by atoms with E-state index in [1.807, 2.05) is 0 Å². The van der Waals surface area contributed by atoms with Crippen molar-refractivity contribution in [3.63, 3.8) is 0 Å². The quantitative estimate of drug-likeness (QED) is 0.839. The third kappa shape index (κ3) is 3.82. The molecule has 1 aliphatic rings. The third-order valence-electron chi connectivity index (χ3n) is 2.61. The Morgan fingerprint density at radius 1 is 0.950 bits per heavy atom. The first-order valence-corrected chi connectivity index (χ1v) is 6.16. The summed E-state index contributed by atoms with van der Waals surface area (Å²) < 4.78 is 34.8. The highest BCUT2D eigenvalue weighted by Crippen LogP contribution is 2.30. The average Bonchev–Trinajstić information content (AvgIpc) is 2.40. The Labute approximate surface area is 115 Å². The van der Waals surface area contributed by atoms with Gasteiger partial charge in [0.05, 0.1) is 32.0 Å². The first-order valence-electron chi connectivity index (χ1n) is 6.16. The number of carboxylic acids is 1. The largest absolute Gasteiger partial charge is 0.487 e. The van der Waals surface area contributed by atoms with Crippen LogP contribution in [0.3, 0.4) is 0 Å². The van der Waals surface area contributed by atoms with E-state index in [2.05, 4.69) is 0 Å². The van der Waals surface area contributed by atoms with Crippen LogP contribution in [-0.2, 0) is 9.47 Å². The maximum absolute atomic E-state index is 13.6. The fourth-order valence-electron chi connectivity index (χ4n) is 1.67. The zero-order valence-corrected chi connectivity index (χ0v) is 10.8. The van der Waals surface area contributed by atoms with Crippen LogP contribution >= 0.6 is 0 Å². The van der Waals surface area contributed by atoms with Crippen molar-refractivity contribution in [1.82, 2.24) is 0 Å². The van der Waals surface area contributed by atoms with Gasteiger partial charge in [-0.25, -0.2) is 9.18 Å². The highest BCUT2D eigenvalue weighted by Gasteiger charge is 2.17. The Hall–Kier alpha value is -1.86. The molecule has 0 aliphatic carbocycles. The van der Waals surface area contributed by atoms with E-state index < -0.39 is 17.3 Å². The Morgan fingerprint density at radius 2 is 1.45 bits per heavy atom. The summed E-state index contributed by atoms with van der Waals surface area (Å²) in [5.41, 5.74) is -0.461. The predicted molar refractivity (Wildman–Crippen MR) is 66.0 cm³/mol. The van der Waals surface area contributed by atoms with Gasteiger partial charge in [0, 0.05) is 12.1 Å². The van der Waals surface area contributed by atoms with Gasteiger partial charge in [0.15, 0.2) is 11.5 Å². The van der Waals surface area contributed by atoms with Gasteiger partial charge in [-0.15, -0.1) is 0 Å². The van der Waals surface area contributed by atoms with Gasteiger partial charge in [-0.2, -0.15) is 0 Å². The number of aromatic carboxylic acids is 1. The smallest absolute Gasteiger partial charge is 0.338 e. The molecule has 0 amide bonds. The highest BCUT2D eigenvalue weighted by atomic mass is 19.1. The van der Waals surface area contributed by atoms with Crippen LogP contribution in [-0.4, -0.2) is 50.7 Å². The van der Waals surface area contributed by atoms with Crippen LogP contribution in [0, 0.1) is 5.82 Å². The van der Waals surface area contributed by atoms with E-state index in [1.54, 1.807) is 0 Å². The van der Waals surface area contributed by atoms with Crippen LogP contribution in [0.4, 0.5) is 4.39 Å². The second-order valence-electron chi connectivity index (χ2n) is 4.01. The second kappa shape index (κ2) is 7.06. The number of halogens is 1. The lowest BCUT2D eigenvalue weighted by Gasteiger charge is -2.15. The summed E-state index contributed by atoms with van der Waals surface area (Å²) in [6, 6.07) is 2.12. The van der Waals surface area contributed by atoms with Crippen molar-refractivity contribution in [2.75, 3.05) is 39.6 Å². The Kier molecular flexibility index (Phi) is 5.14. The topological polar surface area (TPSA) is 74.2 Å². The standard InChI is InChI=1S/C13H15FO6/c14-10-8-12-11(7-9(10)13(15)16)19-5-3-17-1-2-18-4-6-20-12/h7-8H,1-6H2,(H,15,16). The number of carboxylic acid groups (broad SMARTS) is 1. The highest BCUT2D eigenvalue weighted by molar-refractivity contribution is 5.88. The summed E-state index contributed by atoms with van der Waals surface area (Å²) in [5, 5.41) is 8.89. The van der Waals surface area contributed by atoms with Crippen LogP contribution in [0.1, 0.15) is 10.4 Å². The molecule has 7 heteroatoms. The summed E-state index contributed by atoms with van der Waals surface area (Å²) in [7, 11) is 0. The summed E-state index contributed by atoms with van der Waals surface area (Å²) >= 11 is 0. The molecule has 0 radical (unpaired) electrons. The van der Waals surface area contributed by atoms with Crippen LogP contribution in [0.15, 0.2) is 12.1 Å². The number of rotatable bonds is 1. The van der Waals surface area contributed by atoms with Crippen molar-refractivity contribution in [1.29, 1.82) is 0 Å². The lowest BCUT2D eigenvalue weighted by atomic mass is 10.2. The Morgan fingerprint density at radius 3 is 2.00 bits per heavy atom. The van der Waals surface area contributed by atoms with Gasteiger partial charge in [-0.3, -0.25) is 0 Å². The van der Waals surface area contributed by atoms with Crippen molar-refractivity contribution < 1.29 is 33.2 Å². The summed E-state index contributed by atoms with van der Waals surface area (Å²) in [5.74, 6) is -1.91. The molecular formula is C13H15FO6. The number of ether oxygens (including phenoxy) is 4. The van der Waals surface area contributed by atoms with E-state index in [1.165, 1.54) is 0 Å². The molecule has 110 valence electrons. The molecule has 0 saturated carbocycles. The van der Waals surface area contributed by atoms with E-state index in [9.17, 15) is 9.18 Å². The van der Waals surface area contributed by atoms with Crippen LogP contribution < -0.4 is 9.47 Å². The third-order valence-corrected chi connectivity index (χ3v) is 2.61. The number of fused-ring (bicyclic) bond motifs is 1. The van der Waals surface area contributed by atoms with Crippen molar-refractivity contribution in [2.24, 2.45) is 0 Å². The normalized spacial score (nSPS) is 16.9. The molecule has 1 aromatic carbocycles. The summed E-state index contributed by atoms with van der Waals surface area (Å²) in [6.07, 6.45) is 0. The van der Waals surface area contributed by atoms with Crippen molar-refractivity contribution in [3.05, 3.63) is 23.5 Å². The average molecular weight is 286 g/mol. The minimum Gasteiger partial charge on any atom is -0.487 e. The lowest BCUT2D eigenvalue weighted by molar-refractivity contribution is 0.0222. The minimum atomic E-state index is -1.36. The molecule has 0 saturated heterocycles. The number of benzene rings is 1. The SMILES string of the molecule is O=C(O)c1cc2c(cc1F)OCCOCCOCCO2. The van der Waals surface area contributed by atoms with Crippen LogP contribution in [0.25, 0.3) is 0 Å². The van der Waals surface area contributed by atoms with E-state index in [-0.39, 0.29) is 24.7 Å². The van der Waals surface area contributed by atoms with Gasteiger partial charge in [-0.1, -0.05) is 0 Å². The van der Waals surface area contributed by atoms with Crippen LogP contribution in [0.5, 0.6) is 11.5 Å². The van der Waals surface area contributed by atoms with Crippen molar-refractivity contribution in [3.8, 4) is 11.5 Å². The maximum atomic E-state index is 13.6. The molecule has 1 aliphatic heterocycles. The zero-order valence-electron chi connectivity index (χ0n) is 10.8. The molecule has 0 bridgehead atoms. The van der Waals surface area contributed by atoms with Gasteiger partial charge in [-0.05, 0) is 0 Å². The molecule has 0 atom stereocenters. The Balaban J connectivity index is 2.22. The number of carbonyl (C=O) groups is 1. The molecule has 0 fully saturated rings. The fraction of sp³-hybridized carbons (Fsp3) is 0.462. The molecule has 0 aromatic heterocycles. The van der Waals surface area contributed by atoms with E-state index in [4.69, 9.17) is 24.1 Å². The fourth-order valence-corrected chi connectivity index (χ4v) is 1.67. The molecule has 20 heavy (non-hydrogen) atoms. The number of hydrogen-bond donors (Lipinski definition) is 1. The van der Waals surface area contributed by atoms with Gasteiger partial charge >= 0.3 is 5.97 Å². The Bertz CT molecular complexity index is 476. The van der Waals surface area contributed by atoms with E-state index in [0.29, 0.717) is 26.4 Å². The van der Waals surface area contributed by atoms with E-state index >= 15 is 0 Å². The maximum Gasteiger partial charge on any atom is 0.338 e. The van der Waals surface area contributed by atoms with Gasteiger partial charge in [0.1, 0.15) is 19.0 Å². The second-order valence-corrected chi connectivity index (χ2v) is 4.01. The van der Waals surface area contributed by atoms with Crippen LogP contribution in [0.2, 0.25) is 0 Å². The van der Waals surface area contributed by atoms with Gasteiger partial charge < -0.3 is 24.1 Å². The molecule has 1 aromatic rings. The molecule has 1 N–H and O–H groups in total. The predicted octanol–water partition coefficient (Wildman–Crippen LogP) is 1.33. The summed E-state index contributed by atoms with van der Waals surface area (Å²) in [4.78, 5) is 10.9. The number of hydrogen-bond acceptors (Lipinski definition) is 5. The lowest BCUT2D eigenvalue weighted by Crippen LogP contribution is -2.16. The van der Waals surface area contributed by atoms with Crippen molar-refractivity contribution in [2.45, 2.75) is 0 Å². The first-order chi connectivity index (χ1) is 9.68. The molecular weight excluding hydrogens is 271 g/mol. The first kappa shape index (κ1) is 14.5. The van der Waals surface area contributed by atoms with Crippen molar-refractivity contribution >= 4 is 5.97 Å². The van der Waals surface area contributed by atoms with Gasteiger partial charge in [0.25, 0.3) is 0 Å². The zero-order chi connectivity index (χ0) is 14.4. The molecule has 0 unspecified atom stereocenters. The monoisotopic (exact) mass is 286 g/mol. The molecule has 1 heterocycles. The molecule has 6 nitrogen and oxygen atoms in total. The minimum absolute atomic E-state index is 0.150.